The topological polar surface area (TPSA) is 55.6 Å². The Morgan fingerprint density at radius 2 is 2.11 bits per heavy atom. The van der Waals surface area contributed by atoms with E-state index in [0.717, 1.165) is 36.1 Å². The maximum Gasteiger partial charge on any atom is 0.214 e. The summed E-state index contributed by atoms with van der Waals surface area (Å²) in [5, 5.41) is 16.0. The van der Waals surface area contributed by atoms with Crippen LogP contribution in [0.15, 0.2) is 35.5 Å². The molecule has 1 heterocycles. The van der Waals surface area contributed by atoms with E-state index in [9.17, 15) is 0 Å². The van der Waals surface area contributed by atoms with Crippen molar-refractivity contribution in [2.45, 2.75) is 18.5 Å². The third kappa shape index (κ3) is 3.54. The van der Waals surface area contributed by atoms with E-state index in [-0.39, 0.29) is 0 Å². The van der Waals surface area contributed by atoms with Crippen molar-refractivity contribution in [2.24, 2.45) is 0 Å². The van der Waals surface area contributed by atoms with Gasteiger partial charge in [0.2, 0.25) is 5.16 Å². The Balaban J connectivity index is 1.92. The number of benzene rings is 1. The van der Waals surface area contributed by atoms with Crippen molar-refractivity contribution in [1.29, 1.82) is 0 Å². The van der Waals surface area contributed by atoms with Gasteiger partial charge in [0.15, 0.2) is 0 Å². The minimum Gasteiger partial charge on any atom is -0.317 e. The number of nitrogens with zero attached hydrogens (tertiary/aromatic N) is 4. The molecule has 0 saturated carbocycles. The van der Waals surface area contributed by atoms with Gasteiger partial charge in [-0.1, -0.05) is 36.9 Å². The van der Waals surface area contributed by atoms with E-state index in [0.29, 0.717) is 0 Å². The molecule has 96 valence electrons. The molecule has 0 spiro atoms. The first kappa shape index (κ1) is 13.0. The summed E-state index contributed by atoms with van der Waals surface area (Å²) in [5.74, 6) is 1.01. The number of rotatable bonds is 7. The van der Waals surface area contributed by atoms with E-state index in [1.165, 1.54) is 0 Å². The average molecular weight is 263 g/mol. The second-order valence-electron chi connectivity index (χ2n) is 3.76. The molecular formula is C12H17N5S. The van der Waals surface area contributed by atoms with Gasteiger partial charge in [-0.2, -0.15) is 4.68 Å². The lowest BCUT2D eigenvalue weighted by Crippen LogP contribution is -2.14. The fourth-order valence-corrected chi connectivity index (χ4v) is 2.37. The van der Waals surface area contributed by atoms with E-state index >= 15 is 0 Å². The van der Waals surface area contributed by atoms with E-state index in [1.807, 2.05) is 30.3 Å². The lowest BCUT2D eigenvalue weighted by molar-refractivity contribution is 0.705. The molecule has 1 N–H and O–H groups in total. The third-order valence-corrected chi connectivity index (χ3v) is 3.43. The highest BCUT2D eigenvalue weighted by Gasteiger charge is 2.07. The molecule has 0 amide bonds. The zero-order valence-corrected chi connectivity index (χ0v) is 11.2. The van der Waals surface area contributed by atoms with Gasteiger partial charge in [-0.25, -0.2) is 0 Å². The summed E-state index contributed by atoms with van der Waals surface area (Å²) in [6.07, 6.45) is 1.11. The van der Waals surface area contributed by atoms with Gasteiger partial charge in [-0.15, -0.1) is 5.10 Å². The molecule has 1 aromatic carbocycles. The Bertz CT molecular complexity index is 457. The first-order chi connectivity index (χ1) is 8.92. The molecule has 0 radical (unpaired) electrons. The highest BCUT2D eigenvalue weighted by molar-refractivity contribution is 7.99. The predicted octanol–water partition coefficient (Wildman–Crippen LogP) is 1.75. The summed E-state index contributed by atoms with van der Waals surface area (Å²) < 4.78 is 1.78. The van der Waals surface area contributed by atoms with Gasteiger partial charge < -0.3 is 5.32 Å². The van der Waals surface area contributed by atoms with Crippen LogP contribution < -0.4 is 5.32 Å². The summed E-state index contributed by atoms with van der Waals surface area (Å²) in [6, 6.07) is 9.95. The Kier molecular flexibility index (Phi) is 5.16. The molecule has 2 aromatic rings. The molecule has 0 aliphatic carbocycles. The van der Waals surface area contributed by atoms with Gasteiger partial charge in [0.05, 0.1) is 5.69 Å². The van der Waals surface area contributed by atoms with Crippen LogP contribution in [0.2, 0.25) is 0 Å². The number of aromatic nitrogens is 4. The van der Waals surface area contributed by atoms with Gasteiger partial charge in [-0.05, 0) is 42.1 Å². The molecule has 0 aliphatic heterocycles. The monoisotopic (exact) mass is 263 g/mol. The number of hydrogen-bond donors (Lipinski definition) is 1. The van der Waals surface area contributed by atoms with Crippen LogP contribution in [-0.4, -0.2) is 39.0 Å². The summed E-state index contributed by atoms with van der Waals surface area (Å²) in [6.45, 7) is 4.17. The molecule has 18 heavy (non-hydrogen) atoms. The van der Waals surface area contributed by atoms with Crippen LogP contribution in [0.3, 0.4) is 0 Å². The quantitative estimate of drug-likeness (QED) is 0.609. The fraction of sp³-hybridized carbons (Fsp3) is 0.417. The van der Waals surface area contributed by atoms with E-state index < -0.39 is 0 Å². The molecule has 0 aliphatic rings. The van der Waals surface area contributed by atoms with Crippen LogP contribution in [0, 0.1) is 0 Å². The van der Waals surface area contributed by atoms with Crippen LogP contribution in [0.5, 0.6) is 0 Å². The second-order valence-corrected chi connectivity index (χ2v) is 4.83. The lowest BCUT2D eigenvalue weighted by Gasteiger charge is -2.04. The first-order valence-electron chi connectivity index (χ1n) is 6.09. The van der Waals surface area contributed by atoms with Crippen molar-refractivity contribution in [3.63, 3.8) is 0 Å². The van der Waals surface area contributed by atoms with Gasteiger partial charge in [-0.3, -0.25) is 0 Å². The standard InChI is InChI=1S/C12H17N5S/c1-2-13-9-6-10-18-12-14-15-16-17(12)11-7-4-3-5-8-11/h3-5,7-8,13H,2,6,9-10H2,1H3. The van der Waals surface area contributed by atoms with Crippen LogP contribution in [-0.2, 0) is 0 Å². The predicted molar refractivity (Wildman–Crippen MR) is 73.0 cm³/mol. The van der Waals surface area contributed by atoms with Crippen molar-refractivity contribution in [3.8, 4) is 5.69 Å². The smallest absolute Gasteiger partial charge is 0.214 e. The van der Waals surface area contributed by atoms with Crippen molar-refractivity contribution < 1.29 is 0 Å². The van der Waals surface area contributed by atoms with Gasteiger partial charge in [0.1, 0.15) is 0 Å². The largest absolute Gasteiger partial charge is 0.317 e. The van der Waals surface area contributed by atoms with Crippen LogP contribution in [0.1, 0.15) is 13.3 Å². The molecule has 1 aromatic heterocycles. The summed E-state index contributed by atoms with van der Waals surface area (Å²) in [4.78, 5) is 0. The SMILES string of the molecule is CCNCCCSc1nnnn1-c1ccccc1. The summed E-state index contributed by atoms with van der Waals surface area (Å²) >= 11 is 1.69. The van der Waals surface area contributed by atoms with Gasteiger partial charge in [0, 0.05) is 5.75 Å². The number of hydrogen-bond acceptors (Lipinski definition) is 5. The number of thioether (sulfide) groups is 1. The fourth-order valence-electron chi connectivity index (χ4n) is 1.54. The van der Waals surface area contributed by atoms with Crippen molar-refractivity contribution in [2.75, 3.05) is 18.8 Å². The van der Waals surface area contributed by atoms with Crippen molar-refractivity contribution in [1.82, 2.24) is 25.5 Å². The Morgan fingerprint density at radius 1 is 1.28 bits per heavy atom. The molecule has 0 fully saturated rings. The second kappa shape index (κ2) is 7.13. The summed E-state index contributed by atoms with van der Waals surface area (Å²) in [5.41, 5.74) is 0.997. The highest BCUT2D eigenvalue weighted by Crippen LogP contribution is 2.18. The molecule has 5 nitrogen and oxygen atoms in total. The lowest BCUT2D eigenvalue weighted by atomic mass is 10.3. The minimum absolute atomic E-state index is 0.845. The Labute approximate surface area is 111 Å². The Morgan fingerprint density at radius 3 is 2.89 bits per heavy atom. The highest BCUT2D eigenvalue weighted by atomic mass is 32.2. The van der Waals surface area contributed by atoms with Crippen molar-refractivity contribution >= 4 is 11.8 Å². The minimum atomic E-state index is 0.845. The molecule has 0 unspecified atom stereocenters. The van der Waals surface area contributed by atoms with Gasteiger partial charge in [0.25, 0.3) is 0 Å². The zero-order valence-electron chi connectivity index (χ0n) is 10.4. The maximum atomic E-state index is 4.05. The van der Waals surface area contributed by atoms with Crippen LogP contribution in [0.4, 0.5) is 0 Å². The zero-order chi connectivity index (χ0) is 12.6. The van der Waals surface area contributed by atoms with E-state index in [1.54, 1.807) is 16.4 Å². The van der Waals surface area contributed by atoms with Crippen LogP contribution >= 0.6 is 11.8 Å². The van der Waals surface area contributed by atoms with Crippen molar-refractivity contribution in [3.05, 3.63) is 30.3 Å². The van der Waals surface area contributed by atoms with Gasteiger partial charge >= 0.3 is 0 Å². The Hall–Kier alpha value is -1.40. The number of nitrogens with one attached hydrogen (secondary N) is 1. The summed E-state index contributed by atoms with van der Waals surface area (Å²) in [7, 11) is 0. The molecule has 0 saturated heterocycles. The first-order valence-corrected chi connectivity index (χ1v) is 7.07. The molecular weight excluding hydrogens is 246 g/mol. The average Bonchev–Trinajstić information content (AvgIpc) is 2.88. The molecule has 6 heteroatoms. The number of tetrazole rings is 1. The van der Waals surface area contributed by atoms with E-state index in [4.69, 9.17) is 0 Å². The normalized spacial score (nSPS) is 10.7. The molecule has 0 bridgehead atoms. The molecule has 2 rings (SSSR count). The number of para-hydroxylation sites is 1. The third-order valence-electron chi connectivity index (χ3n) is 2.42. The van der Waals surface area contributed by atoms with E-state index in [2.05, 4.69) is 27.8 Å². The maximum absolute atomic E-state index is 4.05. The van der Waals surface area contributed by atoms with Crippen LogP contribution in [0.25, 0.3) is 5.69 Å². The molecule has 0 atom stereocenters.